The first-order chi connectivity index (χ1) is 10.5. The molecule has 0 saturated carbocycles. The van der Waals surface area contributed by atoms with E-state index in [0.717, 1.165) is 31.7 Å². The molecule has 1 fully saturated rings. The average Bonchev–Trinajstić information content (AvgIpc) is 2.53. The van der Waals surface area contributed by atoms with Crippen LogP contribution in [0.4, 0.5) is 0 Å². The highest BCUT2D eigenvalue weighted by Crippen LogP contribution is 2.06. The normalized spacial score (nSPS) is 19.5. The zero-order valence-corrected chi connectivity index (χ0v) is 14.1. The molecule has 5 nitrogen and oxygen atoms in total. The van der Waals surface area contributed by atoms with Crippen molar-refractivity contribution in [3.63, 3.8) is 0 Å². The maximum absolute atomic E-state index is 12.0. The van der Waals surface area contributed by atoms with Gasteiger partial charge in [0, 0.05) is 44.2 Å². The number of rotatable bonds is 6. The van der Waals surface area contributed by atoms with E-state index in [0.29, 0.717) is 6.54 Å². The Bertz CT molecular complexity index is 579. The molecule has 0 amide bonds. The van der Waals surface area contributed by atoms with Crippen molar-refractivity contribution in [1.82, 2.24) is 14.5 Å². The zero-order chi connectivity index (χ0) is 16.0. The second-order valence-corrected chi connectivity index (χ2v) is 7.45. The van der Waals surface area contributed by atoms with Crippen LogP contribution >= 0.6 is 0 Å². The predicted molar refractivity (Wildman–Crippen MR) is 90.9 cm³/mol. The van der Waals surface area contributed by atoms with Gasteiger partial charge in [-0.2, -0.15) is 0 Å². The average molecular weight is 323 g/mol. The number of sulfonamides is 1. The van der Waals surface area contributed by atoms with E-state index in [1.54, 1.807) is 6.08 Å². The molecule has 1 atom stereocenters. The maximum Gasteiger partial charge on any atom is 0.233 e. The summed E-state index contributed by atoms with van der Waals surface area (Å²) >= 11 is 0. The lowest BCUT2D eigenvalue weighted by Crippen LogP contribution is -2.51. The number of likely N-dealkylation sites (N-methyl/N-ethyl adjacent to an activating group) is 1. The third-order valence-electron chi connectivity index (χ3n) is 3.98. The van der Waals surface area contributed by atoms with E-state index in [2.05, 4.69) is 28.5 Å². The van der Waals surface area contributed by atoms with Crippen molar-refractivity contribution in [2.75, 3.05) is 39.8 Å². The van der Waals surface area contributed by atoms with E-state index in [4.69, 9.17) is 0 Å². The van der Waals surface area contributed by atoms with Crippen molar-refractivity contribution in [1.29, 1.82) is 0 Å². The highest BCUT2D eigenvalue weighted by molar-refractivity contribution is 7.92. The highest BCUT2D eigenvalue weighted by atomic mass is 32.2. The molecule has 0 bridgehead atoms. The minimum absolute atomic E-state index is 0.202. The lowest BCUT2D eigenvalue weighted by atomic mass is 10.2. The van der Waals surface area contributed by atoms with E-state index in [9.17, 15) is 8.42 Å². The summed E-state index contributed by atoms with van der Waals surface area (Å²) in [5.41, 5.74) is 0.875. The number of piperazine rings is 1. The molecule has 1 N–H and O–H groups in total. The standard InChI is InChI=1S/C16H25N3O2S/c1-15(19-11-9-18(2)10-12-19)14-17-22(20,21)13-8-16-6-4-3-5-7-16/h3-8,13,15,17H,9-12,14H2,1-2H3/b13-8+/t15-/m0/s1. The summed E-state index contributed by atoms with van der Waals surface area (Å²) in [6.45, 7) is 6.54. The minimum atomic E-state index is -3.39. The van der Waals surface area contributed by atoms with E-state index in [1.807, 2.05) is 30.3 Å². The first-order valence-electron chi connectivity index (χ1n) is 7.62. The van der Waals surface area contributed by atoms with Crippen molar-refractivity contribution in [3.8, 4) is 0 Å². The van der Waals surface area contributed by atoms with Gasteiger partial charge in [-0.3, -0.25) is 4.90 Å². The molecule has 1 heterocycles. The molecule has 0 unspecified atom stereocenters. The summed E-state index contributed by atoms with van der Waals surface area (Å²) in [5, 5.41) is 1.24. The molecule has 1 aliphatic heterocycles. The van der Waals surface area contributed by atoms with Crippen LogP contribution < -0.4 is 4.72 Å². The molecule has 1 saturated heterocycles. The van der Waals surface area contributed by atoms with Crippen molar-refractivity contribution in [2.45, 2.75) is 13.0 Å². The van der Waals surface area contributed by atoms with Crippen LogP contribution in [-0.2, 0) is 10.0 Å². The smallest absolute Gasteiger partial charge is 0.233 e. The largest absolute Gasteiger partial charge is 0.304 e. The Morgan fingerprint density at radius 2 is 1.82 bits per heavy atom. The van der Waals surface area contributed by atoms with Crippen LogP contribution in [0.3, 0.4) is 0 Å². The van der Waals surface area contributed by atoms with Crippen LogP contribution in [0.2, 0.25) is 0 Å². The Balaban J connectivity index is 1.83. The molecule has 2 rings (SSSR count). The topological polar surface area (TPSA) is 52.7 Å². The molecule has 0 aliphatic carbocycles. The summed E-state index contributed by atoms with van der Waals surface area (Å²) in [5.74, 6) is 0. The summed E-state index contributed by atoms with van der Waals surface area (Å²) in [6, 6.07) is 9.62. The SMILES string of the molecule is C[C@@H](CNS(=O)(=O)/C=C/c1ccccc1)N1CCN(C)CC1. The van der Waals surface area contributed by atoms with Crippen molar-refractivity contribution < 1.29 is 8.42 Å². The van der Waals surface area contributed by atoms with Gasteiger partial charge in [-0.1, -0.05) is 30.3 Å². The lowest BCUT2D eigenvalue weighted by Gasteiger charge is -2.36. The van der Waals surface area contributed by atoms with Gasteiger partial charge in [0.05, 0.1) is 0 Å². The van der Waals surface area contributed by atoms with Gasteiger partial charge >= 0.3 is 0 Å². The van der Waals surface area contributed by atoms with Crippen LogP contribution in [0, 0.1) is 0 Å². The number of hydrogen-bond donors (Lipinski definition) is 1. The fourth-order valence-electron chi connectivity index (χ4n) is 2.41. The second-order valence-electron chi connectivity index (χ2n) is 5.80. The van der Waals surface area contributed by atoms with Crippen LogP contribution in [0.25, 0.3) is 6.08 Å². The van der Waals surface area contributed by atoms with Crippen molar-refractivity contribution in [2.24, 2.45) is 0 Å². The van der Waals surface area contributed by atoms with Crippen LogP contribution in [0.1, 0.15) is 12.5 Å². The number of nitrogens with one attached hydrogen (secondary N) is 1. The Morgan fingerprint density at radius 3 is 2.45 bits per heavy atom. The van der Waals surface area contributed by atoms with E-state index in [-0.39, 0.29) is 6.04 Å². The molecule has 22 heavy (non-hydrogen) atoms. The molecular weight excluding hydrogens is 298 g/mol. The quantitative estimate of drug-likeness (QED) is 0.855. The molecule has 0 aromatic heterocycles. The van der Waals surface area contributed by atoms with E-state index < -0.39 is 10.0 Å². The Morgan fingerprint density at radius 1 is 1.18 bits per heavy atom. The minimum Gasteiger partial charge on any atom is -0.304 e. The zero-order valence-electron chi connectivity index (χ0n) is 13.3. The summed E-state index contributed by atoms with van der Waals surface area (Å²) in [6.07, 6.45) is 1.61. The molecule has 1 aromatic rings. The third-order valence-corrected chi connectivity index (χ3v) is 5.04. The fourth-order valence-corrected chi connectivity index (χ4v) is 3.31. The molecule has 1 aromatic carbocycles. The van der Waals surface area contributed by atoms with Gasteiger partial charge in [0.2, 0.25) is 10.0 Å². The van der Waals surface area contributed by atoms with E-state index >= 15 is 0 Å². The van der Waals surface area contributed by atoms with Gasteiger partial charge < -0.3 is 4.90 Å². The van der Waals surface area contributed by atoms with Crippen LogP contribution in [0.15, 0.2) is 35.7 Å². The van der Waals surface area contributed by atoms with Crippen LogP contribution in [0.5, 0.6) is 0 Å². The van der Waals surface area contributed by atoms with Crippen molar-refractivity contribution >= 4 is 16.1 Å². The summed E-state index contributed by atoms with van der Waals surface area (Å²) < 4.78 is 26.7. The molecule has 0 spiro atoms. The van der Waals surface area contributed by atoms with Gasteiger partial charge in [0.1, 0.15) is 0 Å². The Hall–Kier alpha value is -1.21. The molecular formula is C16H25N3O2S. The third kappa shape index (κ3) is 5.53. The number of benzene rings is 1. The van der Waals surface area contributed by atoms with Gasteiger partial charge in [-0.05, 0) is 25.6 Å². The monoisotopic (exact) mass is 323 g/mol. The molecule has 0 radical (unpaired) electrons. The Labute approximate surface area is 133 Å². The lowest BCUT2D eigenvalue weighted by molar-refractivity contribution is 0.120. The highest BCUT2D eigenvalue weighted by Gasteiger charge is 2.20. The van der Waals surface area contributed by atoms with E-state index in [1.165, 1.54) is 5.41 Å². The molecule has 122 valence electrons. The van der Waals surface area contributed by atoms with Gasteiger partial charge in [-0.25, -0.2) is 13.1 Å². The molecule has 6 heteroatoms. The number of nitrogens with zero attached hydrogens (tertiary/aromatic N) is 2. The van der Waals surface area contributed by atoms with Crippen LogP contribution in [-0.4, -0.2) is 64.0 Å². The number of hydrogen-bond acceptors (Lipinski definition) is 4. The second kappa shape index (κ2) is 7.87. The van der Waals surface area contributed by atoms with Gasteiger partial charge in [-0.15, -0.1) is 0 Å². The maximum atomic E-state index is 12.0. The van der Waals surface area contributed by atoms with Gasteiger partial charge in [0.15, 0.2) is 0 Å². The van der Waals surface area contributed by atoms with Gasteiger partial charge in [0.25, 0.3) is 0 Å². The first-order valence-corrected chi connectivity index (χ1v) is 9.16. The van der Waals surface area contributed by atoms with Crippen molar-refractivity contribution in [3.05, 3.63) is 41.3 Å². The predicted octanol–water partition coefficient (Wildman–Crippen LogP) is 1.21. The first kappa shape index (κ1) is 17.1. The Kier molecular flexibility index (Phi) is 6.14. The summed E-state index contributed by atoms with van der Waals surface area (Å²) in [4.78, 5) is 4.61. The molecule has 1 aliphatic rings. The fraction of sp³-hybridized carbons (Fsp3) is 0.500. The summed E-state index contributed by atoms with van der Waals surface area (Å²) in [7, 11) is -1.28.